The zero-order valence-corrected chi connectivity index (χ0v) is 10.9. The van der Waals surface area contributed by atoms with Crippen molar-refractivity contribution in [1.29, 1.82) is 0 Å². The number of nitrogens with zero attached hydrogens (tertiary/aromatic N) is 1. The quantitative estimate of drug-likeness (QED) is 0.776. The third kappa shape index (κ3) is 4.98. The summed E-state index contributed by atoms with van der Waals surface area (Å²) >= 11 is 0. The molecular weight excluding hydrogens is 184 g/mol. The molecule has 1 aliphatic heterocycles. The minimum absolute atomic E-state index is 0.00863. The number of hydrogen-bond donors (Lipinski definition) is 1. The zero-order chi connectivity index (χ0) is 11.5. The maximum Gasteiger partial charge on any atom is 0.00975 e. The van der Waals surface area contributed by atoms with Crippen LogP contribution in [0.3, 0.4) is 0 Å². The fourth-order valence-electron chi connectivity index (χ4n) is 2.31. The first-order chi connectivity index (χ1) is 6.88. The molecule has 0 aliphatic carbocycles. The molecule has 2 unspecified atom stereocenters. The Hall–Kier alpha value is -0.0800. The smallest absolute Gasteiger partial charge is 0.00975 e. The molecule has 2 nitrogen and oxygen atoms in total. The van der Waals surface area contributed by atoms with Crippen LogP contribution in [0.2, 0.25) is 0 Å². The second-order valence-electron chi connectivity index (χ2n) is 6.14. The molecule has 15 heavy (non-hydrogen) atoms. The Morgan fingerprint density at radius 1 is 1.27 bits per heavy atom. The topological polar surface area (TPSA) is 29.3 Å². The van der Waals surface area contributed by atoms with E-state index >= 15 is 0 Å². The summed E-state index contributed by atoms with van der Waals surface area (Å²) in [7, 11) is 0. The fraction of sp³-hybridized carbons (Fsp3) is 1.00. The van der Waals surface area contributed by atoms with Crippen molar-refractivity contribution in [3.63, 3.8) is 0 Å². The van der Waals surface area contributed by atoms with Gasteiger partial charge in [-0.2, -0.15) is 0 Å². The maximum atomic E-state index is 5.98. The molecule has 1 aliphatic rings. The number of rotatable bonds is 4. The molecule has 1 fully saturated rings. The predicted octanol–water partition coefficient (Wildman–Crippen LogP) is 2.48. The lowest BCUT2D eigenvalue weighted by atomic mass is 9.88. The molecule has 0 aromatic rings. The molecule has 0 saturated carbocycles. The summed E-state index contributed by atoms with van der Waals surface area (Å²) in [4.78, 5) is 2.61. The summed E-state index contributed by atoms with van der Waals surface area (Å²) in [6.45, 7) is 12.8. The van der Waals surface area contributed by atoms with Crippen LogP contribution in [0.25, 0.3) is 0 Å². The van der Waals surface area contributed by atoms with Gasteiger partial charge in [-0.3, -0.25) is 0 Å². The second-order valence-corrected chi connectivity index (χ2v) is 6.14. The first-order valence-electron chi connectivity index (χ1n) is 6.40. The lowest BCUT2D eigenvalue weighted by Gasteiger charge is -2.35. The van der Waals surface area contributed by atoms with Gasteiger partial charge in [-0.05, 0) is 58.0 Å². The molecule has 2 heteroatoms. The van der Waals surface area contributed by atoms with E-state index < -0.39 is 0 Å². The van der Waals surface area contributed by atoms with Gasteiger partial charge in [0.05, 0.1) is 0 Å². The monoisotopic (exact) mass is 212 g/mol. The van der Waals surface area contributed by atoms with Crippen LogP contribution in [-0.4, -0.2) is 30.1 Å². The number of nitrogens with two attached hydrogens (primary N) is 1. The minimum atomic E-state index is 0.00863. The summed E-state index contributed by atoms with van der Waals surface area (Å²) in [5, 5.41) is 0. The van der Waals surface area contributed by atoms with Crippen LogP contribution in [-0.2, 0) is 0 Å². The van der Waals surface area contributed by atoms with Crippen molar-refractivity contribution in [3.05, 3.63) is 0 Å². The maximum absolute atomic E-state index is 5.98. The van der Waals surface area contributed by atoms with Crippen molar-refractivity contribution in [2.75, 3.05) is 19.6 Å². The minimum Gasteiger partial charge on any atom is -0.326 e. The van der Waals surface area contributed by atoms with Crippen molar-refractivity contribution < 1.29 is 0 Å². The van der Waals surface area contributed by atoms with Crippen molar-refractivity contribution in [2.24, 2.45) is 17.6 Å². The van der Waals surface area contributed by atoms with Gasteiger partial charge in [0.15, 0.2) is 0 Å². The molecular formula is C13H28N2. The van der Waals surface area contributed by atoms with E-state index in [1.165, 1.54) is 32.5 Å². The Morgan fingerprint density at radius 3 is 2.47 bits per heavy atom. The van der Waals surface area contributed by atoms with Gasteiger partial charge in [0.1, 0.15) is 0 Å². The lowest BCUT2D eigenvalue weighted by molar-refractivity contribution is 0.134. The summed E-state index contributed by atoms with van der Waals surface area (Å²) in [6, 6.07) is 0. The van der Waals surface area contributed by atoms with Crippen LogP contribution in [0.5, 0.6) is 0 Å². The second kappa shape index (κ2) is 5.31. The van der Waals surface area contributed by atoms with Crippen LogP contribution < -0.4 is 5.73 Å². The van der Waals surface area contributed by atoms with Gasteiger partial charge in [0, 0.05) is 12.1 Å². The van der Waals surface area contributed by atoms with E-state index in [2.05, 4.69) is 32.6 Å². The molecule has 1 saturated heterocycles. The van der Waals surface area contributed by atoms with Crippen LogP contribution in [0.15, 0.2) is 0 Å². The lowest BCUT2D eigenvalue weighted by Crippen LogP contribution is -2.40. The van der Waals surface area contributed by atoms with Gasteiger partial charge in [0.2, 0.25) is 0 Å². The highest BCUT2D eigenvalue weighted by Gasteiger charge is 2.22. The Labute approximate surface area is 95.2 Å². The Bertz CT molecular complexity index is 183. The van der Waals surface area contributed by atoms with Crippen LogP contribution in [0.4, 0.5) is 0 Å². The number of likely N-dealkylation sites (tertiary alicyclic amines) is 1. The highest BCUT2D eigenvalue weighted by atomic mass is 15.1. The highest BCUT2D eigenvalue weighted by molar-refractivity contribution is 4.77. The van der Waals surface area contributed by atoms with E-state index in [9.17, 15) is 0 Å². The fourth-order valence-corrected chi connectivity index (χ4v) is 2.31. The van der Waals surface area contributed by atoms with E-state index in [1.54, 1.807) is 0 Å². The van der Waals surface area contributed by atoms with Crippen LogP contribution in [0.1, 0.15) is 47.0 Å². The number of piperidine rings is 1. The van der Waals surface area contributed by atoms with Crippen LogP contribution >= 0.6 is 0 Å². The number of hydrogen-bond acceptors (Lipinski definition) is 2. The summed E-state index contributed by atoms with van der Waals surface area (Å²) < 4.78 is 0. The molecule has 2 atom stereocenters. The van der Waals surface area contributed by atoms with Crippen molar-refractivity contribution in [1.82, 2.24) is 4.90 Å². The molecule has 0 aromatic carbocycles. The van der Waals surface area contributed by atoms with Gasteiger partial charge >= 0.3 is 0 Å². The van der Waals surface area contributed by atoms with Crippen molar-refractivity contribution >= 4 is 0 Å². The van der Waals surface area contributed by atoms with E-state index in [0.29, 0.717) is 0 Å². The Morgan fingerprint density at radius 2 is 1.93 bits per heavy atom. The first kappa shape index (κ1) is 13.0. The Kier molecular flexibility index (Phi) is 4.60. The van der Waals surface area contributed by atoms with Crippen molar-refractivity contribution in [3.8, 4) is 0 Å². The van der Waals surface area contributed by atoms with Crippen molar-refractivity contribution in [2.45, 2.75) is 52.5 Å². The van der Waals surface area contributed by atoms with Crippen LogP contribution in [0, 0.1) is 11.8 Å². The average Bonchev–Trinajstić information content (AvgIpc) is 2.09. The van der Waals surface area contributed by atoms with E-state index in [4.69, 9.17) is 5.73 Å². The third-order valence-corrected chi connectivity index (χ3v) is 3.71. The van der Waals surface area contributed by atoms with Gasteiger partial charge < -0.3 is 10.6 Å². The van der Waals surface area contributed by atoms with Gasteiger partial charge in [0.25, 0.3) is 0 Å². The Balaban J connectivity index is 2.17. The van der Waals surface area contributed by atoms with E-state index in [1.807, 2.05) is 0 Å². The largest absolute Gasteiger partial charge is 0.326 e. The normalized spacial score (nSPS) is 29.4. The SMILES string of the molecule is CC1CCN(CCCC(C)(C)N)CC1C. The average molecular weight is 212 g/mol. The molecule has 0 spiro atoms. The molecule has 0 aromatic heterocycles. The molecule has 0 amide bonds. The van der Waals surface area contributed by atoms with E-state index in [-0.39, 0.29) is 5.54 Å². The molecule has 0 radical (unpaired) electrons. The van der Waals surface area contributed by atoms with Gasteiger partial charge in [-0.1, -0.05) is 13.8 Å². The molecule has 1 heterocycles. The first-order valence-corrected chi connectivity index (χ1v) is 6.40. The summed E-state index contributed by atoms with van der Waals surface area (Å²) in [6.07, 6.45) is 3.74. The van der Waals surface area contributed by atoms with E-state index in [0.717, 1.165) is 18.3 Å². The molecule has 0 bridgehead atoms. The van der Waals surface area contributed by atoms with Gasteiger partial charge in [-0.25, -0.2) is 0 Å². The molecule has 2 N–H and O–H groups in total. The third-order valence-electron chi connectivity index (χ3n) is 3.71. The van der Waals surface area contributed by atoms with Gasteiger partial charge in [-0.15, -0.1) is 0 Å². The molecule has 90 valence electrons. The summed E-state index contributed by atoms with van der Waals surface area (Å²) in [5.74, 6) is 1.77. The summed E-state index contributed by atoms with van der Waals surface area (Å²) in [5.41, 5.74) is 5.99. The highest BCUT2D eigenvalue weighted by Crippen LogP contribution is 2.22. The zero-order valence-electron chi connectivity index (χ0n) is 10.9. The standard InChI is InChI=1S/C13H28N2/c1-11-6-9-15(10-12(11)2)8-5-7-13(3,4)14/h11-12H,5-10,14H2,1-4H3. The molecule has 1 rings (SSSR count). The predicted molar refractivity (Wildman–Crippen MR) is 66.9 cm³/mol.